The molecule has 3 unspecified atom stereocenters. The minimum absolute atomic E-state index is 0.0323. The Bertz CT molecular complexity index is 1240. The third-order valence-corrected chi connectivity index (χ3v) is 9.00. The number of esters is 4. The van der Waals surface area contributed by atoms with Crippen LogP contribution in [0.4, 0.5) is 0 Å². The zero-order valence-corrected chi connectivity index (χ0v) is 27.2. The van der Waals surface area contributed by atoms with Crippen molar-refractivity contribution in [3.05, 3.63) is 35.5 Å². The zero-order valence-electron chi connectivity index (χ0n) is 27.2. The van der Waals surface area contributed by atoms with Crippen LogP contribution in [-0.2, 0) is 47.7 Å². The van der Waals surface area contributed by atoms with Gasteiger partial charge in [-0.05, 0) is 76.0 Å². The van der Waals surface area contributed by atoms with Crippen LogP contribution in [-0.4, -0.2) is 75.2 Å². The van der Waals surface area contributed by atoms with Gasteiger partial charge in [0.05, 0.1) is 12.8 Å². The molecule has 0 aromatic rings. The summed E-state index contributed by atoms with van der Waals surface area (Å²) in [6, 6.07) is 0. The Balaban J connectivity index is 1.30. The molecule has 2 fully saturated rings. The maximum Gasteiger partial charge on any atom is 0.333 e. The Morgan fingerprint density at radius 2 is 1.26 bits per heavy atom. The van der Waals surface area contributed by atoms with Gasteiger partial charge in [-0.2, -0.15) is 0 Å². The highest BCUT2D eigenvalue weighted by Gasteiger charge is 2.56. The van der Waals surface area contributed by atoms with Crippen LogP contribution in [0.1, 0.15) is 84.5 Å². The fourth-order valence-corrected chi connectivity index (χ4v) is 6.87. The molecule has 0 aromatic carbocycles. The van der Waals surface area contributed by atoms with E-state index in [1.165, 1.54) is 19.4 Å². The highest BCUT2D eigenvalue weighted by molar-refractivity contribution is 5.87. The van der Waals surface area contributed by atoms with Crippen LogP contribution in [0, 0.1) is 17.3 Å². The van der Waals surface area contributed by atoms with Gasteiger partial charge in [-0.25, -0.2) is 9.59 Å². The molecule has 254 valence electrons. The number of carbonyl (C=O) groups excluding carboxylic acids is 6. The Kier molecular flexibility index (Phi) is 14.0. The molecule has 12 nitrogen and oxygen atoms in total. The Labute approximate surface area is 270 Å². The van der Waals surface area contributed by atoms with E-state index in [1.807, 2.05) is 0 Å². The van der Waals surface area contributed by atoms with E-state index in [-0.39, 0.29) is 80.5 Å². The summed E-state index contributed by atoms with van der Waals surface area (Å²) in [7, 11) is 0. The second-order valence-corrected chi connectivity index (χ2v) is 12.4. The molecule has 2 N–H and O–H groups in total. The third kappa shape index (κ3) is 10.8. The molecule has 0 heterocycles. The van der Waals surface area contributed by atoms with E-state index in [9.17, 15) is 28.8 Å². The van der Waals surface area contributed by atoms with Crippen molar-refractivity contribution in [2.45, 2.75) is 84.5 Å². The normalized spacial score (nSPS) is 20.8. The van der Waals surface area contributed by atoms with E-state index in [2.05, 4.69) is 23.8 Å². The summed E-state index contributed by atoms with van der Waals surface area (Å²) in [5.74, 6) is -1.43. The summed E-state index contributed by atoms with van der Waals surface area (Å²) in [6.07, 6.45) is 7.25. The van der Waals surface area contributed by atoms with Crippen LogP contribution in [0.25, 0.3) is 0 Å². The second kappa shape index (κ2) is 17.7. The number of ether oxygens (including phenoxy) is 4. The first kappa shape index (κ1) is 36.5. The van der Waals surface area contributed by atoms with E-state index in [0.29, 0.717) is 24.9 Å². The van der Waals surface area contributed by atoms with Crippen LogP contribution in [0.3, 0.4) is 0 Å². The summed E-state index contributed by atoms with van der Waals surface area (Å²) < 4.78 is 19.7. The predicted octanol–water partition coefficient (Wildman–Crippen LogP) is 3.39. The second-order valence-electron chi connectivity index (χ2n) is 12.4. The van der Waals surface area contributed by atoms with Crippen molar-refractivity contribution in [3.8, 4) is 0 Å². The number of nitrogens with one attached hydrogen (secondary N) is 2. The van der Waals surface area contributed by atoms with Gasteiger partial charge in [-0.15, -0.1) is 0 Å². The van der Waals surface area contributed by atoms with Crippen molar-refractivity contribution in [3.63, 3.8) is 0 Å². The third-order valence-electron chi connectivity index (χ3n) is 9.00. The van der Waals surface area contributed by atoms with Crippen molar-refractivity contribution in [1.29, 1.82) is 0 Å². The SMILES string of the molecule is C=C(C)C(=O)OCCOC(=O)CCC(=O)NCCC1=C2C3CCC(CCNC(=O)CCC(=O)OCCOC(=O)C(=C)C)(C3)C2CC1. The summed E-state index contributed by atoms with van der Waals surface area (Å²) >= 11 is 0. The van der Waals surface area contributed by atoms with Gasteiger partial charge in [-0.3, -0.25) is 19.2 Å². The van der Waals surface area contributed by atoms with Gasteiger partial charge in [-0.1, -0.05) is 24.3 Å². The maximum absolute atomic E-state index is 12.4. The van der Waals surface area contributed by atoms with Crippen molar-refractivity contribution < 1.29 is 47.7 Å². The van der Waals surface area contributed by atoms with Gasteiger partial charge in [0.1, 0.15) is 26.4 Å². The Morgan fingerprint density at radius 3 is 1.80 bits per heavy atom. The van der Waals surface area contributed by atoms with Crippen LogP contribution >= 0.6 is 0 Å². The Morgan fingerprint density at radius 1 is 0.739 bits per heavy atom. The molecule has 3 rings (SSSR count). The largest absolute Gasteiger partial charge is 0.462 e. The van der Waals surface area contributed by atoms with Gasteiger partial charge < -0.3 is 29.6 Å². The number of amides is 2. The molecule has 2 amide bonds. The lowest BCUT2D eigenvalue weighted by Crippen LogP contribution is -2.32. The molecule has 3 aliphatic carbocycles. The molecule has 2 saturated carbocycles. The fourth-order valence-electron chi connectivity index (χ4n) is 6.87. The van der Waals surface area contributed by atoms with E-state index in [0.717, 1.165) is 44.9 Å². The number of hydrogen-bond acceptors (Lipinski definition) is 10. The fraction of sp³-hybridized carbons (Fsp3) is 0.647. The number of hydrogen-bond donors (Lipinski definition) is 2. The van der Waals surface area contributed by atoms with Crippen molar-refractivity contribution in [1.82, 2.24) is 10.6 Å². The zero-order chi connectivity index (χ0) is 33.7. The molecular weight excluding hydrogens is 596 g/mol. The molecular formula is C34H48N2O10. The summed E-state index contributed by atoms with van der Waals surface area (Å²) in [5, 5.41) is 5.89. The molecule has 0 radical (unpaired) electrons. The first-order valence-electron chi connectivity index (χ1n) is 16.1. The Hall–Kier alpha value is -3.96. The standard InChI is InChI=1S/C34H48N2O10/c1-22(2)32(41)45-19-17-43-29(39)9-7-27(37)35-15-12-24-5-6-26-31(24)25-11-13-34(26,21-25)14-16-36-28(38)8-10-30(40)44-18-20-46-33(42)23(3)4/h25-26H,1,3,5-21H2,2,4H3,(H,35,37)(H,36,38). The highest BCUT2D eigenvalue weighted by Crippen LogP contribution is 2.66. The average molecular weight is 645 g/mol. The molecule has 0 saturated heterocycles. The predicted molar refractivity (Wildman–Crippen MR) is 167 cm³/mol. The van der Waals surface area contributed by atoms with Crippen molar-refractivity contribution in [2.24, 2.45) is 17.3 Å². The van der Waals surface area contributed by atoms with E-state index < -0.39 is 23.9 Å². The van der Waals surface area contributed by atoms with E-state index in [1.54, 1.807) is 5.57 Å². The van der Waals surface area contributed by atoms with Crippen LogP contribution in [0.2, 0.25) is 0 Å². The topological polar surface area (TPSA) is 163 Å². The number of fused-ring (bicyclic) bond motifs is 5. The first-order valence-corrected chi connectivity index (χ1v) is 16.1. The first-order chi connectivity index (χ1) is 21.9. The number of carbonyl (C=O) groups is 6. The molecule has 12 heteroatoms. The minimum atomic E-state index is -0.544. The van der Waals surface area contributed by atoms with Crippen molar-refractivity contribution in [2.75, 3.05) is 39.5 Å². The van der Waals surface area contributed by atoms with Gasteiger partial charge >= 0.3 is 23.9 Å². The minimum Gasteiger partial charge on any atom is -0.462 e. The lowest BCUT2D eigenvalue weighted by Gasteiger charge is -2.34. The molecule has 0 aromatic heterocycles. The van der Waals surface area contributed by atoms with Gasteiger partial charge in [0, 0.05) is 37.1 Å². The lowest BCUT2D eigenvalue weighted by molar-refractivity contribution is -0.150. The van der Waals surface area contributed by atoms with E-state index >= 15 is 0 Å². The van der Waals surface area contributed by atoms with Gasteiger partial charge in [0.2, 0.25) is 11.8 Å². The summed E-state index contributed by atoms with van der Waals surface area (Å²) in [4.78, 5) is 71.1. The van der Waals surface area contributed by atoms with Crippen LogP contribution < -0.4 is 10.6 Å². The molecule has 3 atom stereocenters. The molecule has 0 aliphatic heterocycles. The van der Waals surface area contributed by atoms with Crippen LogP contribution in [0.5, 0.6) is 0 Å². The summed E-state index contributed by atoms with van der Waals surface area (Å²) in [5.41, 5.74) is 3.74. The number of rotatable bonds is 20. The molecule has 2 bridgehead atoms. The molecule has 3 aliphatic rings. The average Bonchev–Trinajstić information content (AvgIpc) is 3.72. The quantitative estimate of drug-likeness (QED) is 0.0660. The highest BCUT2D eigenvalue weighted by atomic mass is 16.6. The molecule has 46 heavy (non-hydrogen) atoms. The lowest BCUT2D eigenvalue weighted by atomic mass is 9.71. The van der Waals surface area contributed by atoms with Gasteiger partial charge in [0.25, 0.3) is 0 Å². The number of allylic oxidation sites excluding steroid dienone is 1. The smallest absolute Gasteiger partial charge is 0.333 e. The van der Waals surface area contributed by atoms with Crippen molar-refractivity contribution >= 4 is 35.7 Å². The van der Waals surface area contributed by atoms with Crippen LogP contribution in [0.15, 0.2) is 35.5 Å². The molecule has 0 spiro atoms. The monoisotopic (exact) mass is 644 g/mol. The van der Waals surface area contributed by atoms with E-state index in [4.69, 9.17) is 18.9 Å². The summed E-state index contributed by atoms with van der Waals surface area (Å²) in [6.45, 7) is 10.8. The van der Waals surface area contributed by atoms with Gasteiger partial charge in [0.15, 0.2) is 0 Å². The maximum atomic E-state index is 12.4.